The van der Waals surface area contributed by atoms with E-state index >= 15 is 0 Å². The first-order valence-electron chi connectivity index (χ1n) is 10.2. The third kappa shape index (κ3) is 3.94. The molecule has 0 atom stereocenters. The van der Waals surface area contributed by atoms with E-state index in [2.05, 4.69) is 20.9 Å². The predicted octanol–water partition coefficient (Wildman–Crippen LogP) is 2.42. The molecule has 0 fully saturated rings. The highest BCUT2D eigenvalue weighted by Gasteiger charge is 2.25. The van der Waals surface area contributed by atoms with Gasteiger partial charge in [0.2, 0.25) is 5.91 Å². The number of benzene rings is 1. The number of rotatable bonds is 5. The molecule has 10 nitrogen and oxygen atoms in total. The molecule has 10 heteroatoms. The molecule has 0 saturated carbocycles. The van der Waals surface area contributed by atoms with Gasteiger partial charge in [-0.25, -0.2) is 15.2 Å². The molecular weight excluding hydrogens is 412 g/mol. The minimum atomic E-state index is -0.623. The quantitative estimate of drug-likeness (QED) is 0.594. The molecule has 3 aromatic rings. The van der Waals surface area contributed by atoms with Gasteiger partial charge in [0.05, 0.1) is 18.3 Å². The molecule has 0 unspecified atom stereocenters. The number of aromatic nitrogens is 3. The van der Waals surface area contributed by atoms with Crippen molar-refractivity contribution < 1.29 is 19.1 Å². The van der Waals surface area contributed by atoms with Crippen molar-refractivity contribution in [1.29, 1.82) is 0 Å². The highest BCUT2D eigenvalue weighted by Crippen LogP contribution is 2.26. The van der Waals surface area contributed by atoms with Crippen LogP contribution in [0, 0.1) is 13.8 Å². The van der Waals surface area contributed by atoms with E-state index in [-0.39, 0.29) is 42.4 Å². The summed E-state index contributed by atoms with van der Waals surface area (Å²) in [5, 5.41) is 11.8. The first-order valence-corrected chi connectivity index (χ1v) is 10.2. The summed E-state index contributed by atoms with van der Waals surface area (Å²) in [6.45, 7) is 5.78. The molecule has 1 aliphatic rings. The van der Waals surface area contributed by atoms with E-state index in [4.69, 9.17) is 9.72 Å². The zero-order valence-electron chi connectivity index (χ0n) is 17.9. The molecule has 2 N–H and O–H groups in total. The first-order chi connectivity index (χ1) is 15.4. The molecule has 0 radical (unpaired) electrons. The number of hydrogen-bond donors (Lipinski definition) is 2. The molecule has 32 heavy (non-hydrogen) atoms. The number of fused-ring (bicyclic) bond motifs is 1. The normalized spacial score (nSPS) is 13.5. The molecular formula is C22H22N6O4. The topological polar surface area (TPSA) is 128 Å². The Kier molecular flexibility index (Phi) is 5.67. The lowest BCUT2D eigenvalue weighted by molar-refractivity contribution is -0.121. The second-order valence-corrected chi connectivity index (χ2v) is 7.36. The van der Waals surface area contributed by atoms with E-state index in [1.807, 2.05) is 38.1 Å². The van der Waals surface area contributed by atoms with E-state index in [1.54, 1.807) is 6.92 Å². The van der Waals surface area contributed by atoms with Gasteiger partial charge in [-0.05, 0) is 38.0 Å². The number of carbonyl (C=O) groups is 3. The number of pyridine rings is 1. The van der Waals surface area contributed by atoms with Crippen molar-refractivity contribution in [3.05, 3.63) is 47.2 Å². The van der Waals surface area contributed by atoms with Gasteiger partial charge in [0.15, 0.2) is 11.6 Å². The van der Waals surface area contributed by atoms with Crippen molar-refractivity contribution in [2.75, 3.05) is 11.9 Å². The molecule has 2 amide bonds. The summed E-state index contributed by atoms with van der Waals surface area (Å²) in [6.07, 6.45) is 1.67. The molecule has 0 aliphatic carbocycles. The lowest BCUT2D eigenvalue weighted by Gasteiger charge is -2.15. The highest BCUT2D eigenvalue weighted by molar-refractivity contribution is 6.43. The van der Waals surface area contributed by atoms with E-state index < -0.39 is 11.9 Å². The van der Waals surface area contributed by atoms with Gasteiger partial charge in [-0.3, -0.25) is 9.59 Å². The van der Waals surface area contributed by atoms with Crippen LogP contribution in [0.1, 0.15) is 41.3 Å². The summed E-state index contributed by atoms with van der Waals surface area (Å²) in [5.41, 5.74) is 5.28. The second-order valence-electron chi connectivity index (χ2n) is 7.36. The number of aryl methyl sites for hydroxylation is 2. The fourth-order valence-corrected chi connectivity index (χ4v) is 3.47. The van der Waals surface area contributed by atoms with Gasteiger partial charge >= 0.3 is 5.97 Å². The van der Waals surface area contributed by atoms with Gasteiger partial charge in [0.1, 0.15) is 11.3 Å². The minimum absolute atomic E-state index is 0.0879. The van der Waals surface area contributed by atoms with Crippen molar-refractivity contribution in [3.63, 3.8) is 0 Å². The molecule has 3 heterocycles. The fraction of sp³-hybridized carbons (Fsp3) is 0.273. The van der Waals surface area contributed by atoms with Crippen LogP contribution in [0.3, 0.4) is 0 Å². The summed E-state index contributed by atoms with van der Waals surface area (Å²) in [5.74, 6) is -0.875. The number of ether oxygens (including phenoxy) is 1. The maximum Gasteiger partial charge on any atom is 0.343 e. The number of nitrogens with one attached hydrogen (secondary N) is 2. The standard InChI is InChI=1S/C22H22N6O4/c1-4-32-22(31)15-11-23-28(20(15)25-21(30)16-8-9-18(29)27-26-16)17-10-13(3)14-7-5-6-12(2)19(14)24-17/h5-7,10-11H,4,8-9H2,1-3H3,(H,25,30)(H,27,29). The number of anilines is 1. The van der Waals surface area contributed by atoms with Crippen LogP contribution < -0.4 is 10.7 Å². The molecule has 0 spiro atoms. The van der Waals surface area contributed by atoms with Gasteiger partial charge in [-0.15, -0.1) is 0 Å². The van der Waals surface area contributed by atoms with E-state index in [0.29, 0.717) is 5.82 Å². The van der Waals surface area contributed by atoms with Crippen molar-refractivity contribution in [1.82, 2.24) is 20.2 Å². The summed E-state index contributed by atoms with van der Waals surface area (Å²) in [7, 11) is 0. The third-order valence-electron chi connectivity index (χ3n) is 5.11. The fourth-order valence-electron chi connectivity index (χ4n) is 3.47. The van der Waals surface area contributed by atoms with Crippen LogP contribution in [0.4, 0.5) is 5.82 Å². The molecule has 2 aromatic heterocycles. The van der Waals surface area contributed by atoms with Crippen molar-refractivity contribution >= 4 is 40.2 Å². The van der Waals surface area contributed by atoms with E-state index in [0.717, 1.165) is 22.0 Å². The largest absolute Gasteiger partial charge is 0.462 e. The maximum atomic E-state index is 12.8. The monoisotopic (exact) mass is 434 g/mol. The van der Waals surface area contributed by atoms with E-state index in [1.165, 1.54) is 10.9 Å². The first kappa shape index (κ1) is 21.2. The van der Waals surface area contributed by atoms with Crippen molar-refractivity contribution in [3.8, 4) is 5.82 Å². The van der Waals surface area contributed by atoms with Gasteiger partial charge < -0.3 is 10.1 Å². The highest BCUT2D eigenvalue weighted by atomic mass is 16.5. The molecule has 164 valence electrons. The van der Waals surface area contributed by atoms with Gasteiger partial charge in [-0.2, -0.15) is 14.9 Å². The summed E-state index contributed by atoms with van der Waals surface area (Å²) in [4.78, 5) is 41.4. The lowest BCUT2D eigenvalue weighted by atomic mass is 10.1. The summed E-state index contributed by atoms with van der Waals surface area (Å²) >= 11 is 0. The molecule has 4 rings (SSSR count). The number of nitrogens with zero attached hydrogens (tertiary/aromatic N) is 4. The number of carbonyl (C=O) groups excluding carboxylic acids is 3. The SMILES string of the molecule is CCOC(=O)c1cnn(-c2cc(C)c3cccc(C)c3n2)c1NC(=O)C1=NNC(=O)CC1. The smallest absolute Gasteiger partial charge is 0.343 e. The van der Waals surface area contributed by atoms with Gasteiger partial charge in [0.25, 0.3) is 5.91 Å². The van der Waals surface area contributed by atoms with Crippen LogP contribution >= 0.6 is 0 Å². The number of hydrazone groups is 1. The summed E-state index contributed by atoms with van der Waals surface area (Å²) < 4.78 is 6.51. The van der Waals surface area contributed by atoms with Crippen LogP contribution in [0.2, 0.25) is 0 Å². The average Bonchev–Trinajstić information content (AvgIpc) is 3.18. The van der Waals surface area contributed by atoms with Crippen LogP contribution in [0.5, 0.6) is 0 Å². The Morgan fingerprint density at radius 3 is 2.75 bits per heavy atom. The third-order valence-corrected chi connectivity index (χ3v) is 5.11. The minimum Gasteiger partial charge on any atom is -0.462 e. The Bertz CT molecular complexity index is 1280. The molecule has 0 bridgehead atoms. The van der Waals surface area contributed by atoms with E-state index in [9.17, 15) is 14.4 Å². The van der Waals surface area contributed by atoms with Crippen LogP contribution in [0.25, 0.3) is 16.7 Å². The predicted molar refractivity (Wildman–Crippen MR) is 118 cm³/mol. The Labute approximate surface area is 183 Å². The second kappa shape index (κ2) is 8.58. The zero-order valence-corrected chi connectivity index (χ0v) is 17.9. The van der Waals surface area contributed by atoms with Crippen molar-refractivity contribution in [2.45, 2.75) is 33.6 Å². The zero-order chi connectivity index (χ0) is 22.8. The Hall–Kier alpha value is -4.08. The van der Waals surface area contributed by atoms with Crippen LogP contribution in [-0.4, -0.2) is 44.9 Å². The Balaban J connectivity index is 1.80. The van der Waals surface area contributed by atoms with Crippen molar-refractivity contribution in [2.24, 2.45) is 5.10 Å². The average molecular weight is 434 g/mol. The number of hydrogen-bond acceptors (Lipinski definition) is 7. The molecule has 1 aliphatic heterocycles. The lowest BCUT2D eigenvalue weighted by Crippen LogP contribution is -2.33. The van der Waals surface area contributed by atoms with Crippen LogP contribution in [-0.2, 0) is 14.3 Å². The molecule has 1 aromatic carbocycles. The summed E-state index contributed by atoms with van der Waals surface area (Å²) in [6, 6.07) is 7.75. The Morgan fingerprint density at radius 2 is 2.03 bits per heavy atom. The molecule has 0 saturated heterocycles. The Morgan fingerprint density at radius 1 is 1.22 bits per heavy atom. The number of para-hydroxylation sites is 1. The van der Waals surface area contributed by atoms with Gasteiger partial charge in [-0.1, -0.05) is 18.2 Å². The van der Waals surface area contributed by atoms with Crippen LogP contribution in [0.15, 0.2) is 35.6 Å². The van der Waals surface area contributed by atoms with Gasteiger partial charge in [0, 0.05) is 18.2 Å². The number of amides is 2. The maximum absolute atomic E-state index is 12.8. The number of esters is 1.